The molecule has 0 aliphatic carbocycles. The molecule has 1 aliphatic rings. The van der Waals surface area contributed by atoms with Gasteiger partial charge in [-0.2, -0.15) is 0 Å². The van der Waals surface area contributed by atoms with Gasteiger partial charge in [0.1, 0.15) is 11.9 Å². The standard InChI is InChI=1S/C20H18BrN3O2/c21-16-10-8-14(9-11-16)17-13-22-19(23-17)18-7-4-12-24(18)26-20(25)15-5-2-1-3-6-15/h1-3,5-6,8-11,13,18H,4,7,12H2,(H,22,23)/t18-/m0/s1. The first-order valence-corrected chi connectivity index (χ1v) is 9.35. The number of carbonyl (C=O) groups excluding carboxylic acids is 1. The average Bonchev–Trinajstić information content (AvgIpc) is 3.32. The summed E-state index contributed by atoms with van der Waals surface area (Å²) in [4.78, 5) is 25.9. The molecule has 6 heteroatoms. The van der Waals surface area contributed by atoms with Gasteiger partial charge >= 0.3 is 5.97 Å². The van der Waals surface area contributed by atoms with Gasteiger partial charge in [0.05, 0.1) is 17.5 Å². The number of nitrogens with one attached hydrogen (secondary N) is 1. The molecule has 1 N–H and O–H groups in total. The average molecular weight is 412 g/mol. The van der Waals surface area contributed by atoms with E-state index < -0.39 is 0 Å². The third-order valence-corrected chi connectivity index (χ3v) is 5.01. The molecular weight excluding hydrogens is 394 g/mol. The van der Waals surface area contributed by atoms with Gasteiger partial charge in [0, 0.05) is 11.0 Å². The monoisotopic (exact) mass is 411 g/mol. The van der Waals surface area contributed by atoms with E-state index in [0.717, 1.165) is 34.4 Å². The second kappa shape index (κ2) is 7.43. The van der Waals surface area contributed by atoms with Crippen LogP contribution in [0, 0.1) is 0 Å². The van der Waals surface area contributed by atoms with Crippen LogP contribution in [0.25, 0.3) is 11.3 Å². The Morgan fingerprint density at radius 2 is 1.92 bits per heavy atom. The van der Waals surface area contributed by atoms with Crippen molar-refractivity contribution in [3.05, 3.63) is 76.7 Å². The minimum absolute atomic E-state index is 0.0492. The molecule has 1 fully saturated rings. The molecule has 0 saturated carbocycles. The van der Waals surface area contributed by atoms with Crippen LogP contribution in [-0.2, 0) is 4.84 Å². The fourth-order valence-electron chi connectivity index (χ4n) is 3.14. The maximum atomic E-state index is 12.3. The molecule has 2 heterocycles. The zero-order valence-electron chi connectivity index (χ0n) is 14.1. The first kappa shape index (κ1) is 17.0. The molecule has 26 heavy (non-hydrogen) atoms. The first-order chi connectivity index (χ1) is 12.7. The number of hydrogen-bond donors (Lipinski definition) is 1. The highest BCUT2D eigenvalue weighted by Gasteiger charge is 2.31. The number of aromatic amines is 1. The maximum absolute atomic E-state index is 12.3. The summed E-state index contributed by atoms with van der Waals surface area (Å²) in [6.45, 7) is 0.706. The smallest absolute Gasteiger partial charge is 0.357 e. The van der Waals surface area contributed by atoms with Crippen LogP contribution < -0.4 is 0 Å². The van der Waals surface area contributed by atoms with Crippen LogP contribution in [0.15, 0.2) is 65.3 Å². The number of carbonyl (C=O) groups is 1. The van der Waals surface area contributed by atoms with Gasteiger partial charge in [0.15, 0.2) is 0 Å². The molecule has 1 atom stereocenters. The predicted octanol–water partition coefficient (Wildman–Crippen LogP) is 4.75. The third kappa shape index (κ3) is 3.57. The van der Waals surface area contributed by atoms with Gasteiger partial charge in [-0.3, -0.25) is 0 Å². The predicted molar refractivity (Wildman–Crippen MR) is 102 cm³/mol. The van der Waals surface area contributed by atoms with Crippen molar-refractivity contribution >= 4 is 21.9 Å². The summed E-state index contributed by atoms with van der Waals surface area (Å²) < 4.78 is 1.04. The van der Waals surface area contributed by atoms with Crippen LogP contribution in [0.3, 0.4) is 0 Å². The largest absolute Gasteiger partial charge is 0.363 e. The Hall–Kier alpha value is -2.44. The number of aromatic nitrogens is 2. The molecule has 3 aromatic rings. The van der Waals surface area contributed by atoms with Gasteiger partial charge in [-0.05, 0) is 42.7 Å². The molecule has 1 aromatic heterocycles. The summed E-state index contributed by atoms with van der Waals surface area (Å²) >= 11 is 3.45. The highest BCUT2D eigenvalue weighted by molar-refractivity contribution is 9.10. The molecule has 132 valence electrons. The van der Waals surface area contributed by atoms with E-state index in [9.17, 15) is 4.79 Å². The molecule has 0 unspecified atom stereocenters. The molecule has 0 spiro atoms. The van der Waals surface area contributed by atoms with Gasteiger partial charge in [-0.15, -0.1) is 5.06 Å². The Labute approximate surface area is 160 Å². The third-order valence-electron chi connectivity index (χ3n) is 4.48. The van der Waals surface area contributed by atoms with E-state index in [4.69, 9.17) is 4.84 Å². The van der Waals surface area contributed by atoms with E-state index in [1.54, 1.807) is 17.2 Å². The van der Waals surface area contributed by atoms with Crippen LogP contribution in [-0.4, -0.2) is 27.5 Å². The van der Waals surface area contributed by atoms with Crippen molar-refractivity contribution in [1.82, 2.24) is 15.0 Å². The van der Waals surface area contributed by atoms with Gasteiger partial charge in [0.25, 0.3) is 0 Å². The minimum atomic E-state index is -0.336. The van der Waals surface area contributed by atoms with E-state index in [0.29, 0.717) is 12.1 Å². The fraction of sp³-hybridized carbons (Fsp3) is 0.200. The Bertz CT molecular complexity index is 893. The van der Waals surface area contributed by atoms with Gasteiger partial charge in [0.2, 0.25) is 0 Å². The Balaban J connectivity index is 1.50. The van der Waals surface area contributed by atoms with Crippen LogP contribution in [0.2, 0.25) is 0 Å². The Kier molecular flexibility index (Phi) is 4.86. The van der Waals surface area contributed by atoms with Crippen molar-refractivity contribution < 1.29 is 9.63 Å². The summed E-state index contributed by atoms with van der Waals surface area (Å²) in [7, 11) is 0. The number of rotatable bonds is 4. The number of benzene rings is 2. The summed E-state index contributed by atoms with van der Waals surface area (Å²) in [5.74, 6) is 0.485. The van der Waals surface area contributed by atoms with E-state index >= 15 is 0 Å². The van der Waals surface area contributed by atoms with Crippen molar-refractivity contribution in [2.24, 2.45) is 0 Å². The lowest BCUT2D eigenvalue weighted by molar-refractivity contribution is -0.121. The van der Waals surface area contributed by atoms with Crippen molar-refractivity contribution in [1.29, 1.82) is 0 Å². The number of hydrogen-bond acceptors (Lipinski definition) is 4. The Morgan fingerprint density at radius 3 is 2.69 bits per heavy atom. The lowest BCUT2D eigenvalue weighted by atomic mass is 10.2. The van der Waals surface area contributed by atoms with Gasteiger partial charge in [-0.25, -0.2) is 9.78 Å². The second-order valence-corrected chi connectivity index (χ2v) is 7.15. The molecule has 5 nitrogen and oxygen atoms in total. The van der Waals surface area contributed by atoms with E-state index in [1.165, 1.54) is 0 Å². The lowest BCUT2D eigenvalue weighted by Crippen LogP contribution is -2.27. The van der Waals surface area contributed by atoms with Crippen molar-refractivity contribution in [2.45, 2.75) is 18.9 Å². The van der Waals surface area contributed by atoms with Crippen molar-refractivity contribution in [3.8, 4) is 11.3 Å². The molecule has 0 amide bonds. The second-order valence-electron chi connectivity index (χ2n) is 6.23. The van der Waals surface area contributed by atoms with Crippen molar-refractivity contribution in [2.75, 3.05) is 6.54 Å². The van der Waals surface area contributed by atoms with E-state index in [2.05, 4.69) is 25.9 Å². The molecule has 1 aliphatic heterocycles. The van der Waals surface area contributed by atoms with E-state index in [-0.39, 0.29) is 12.0 Å². The number of hydroxylamine groups is 2. The summed E-state index contributed by atoms with van der Waals surface area (Å²) in [5, 5.41) is 1.74. The number of halogens is 1. The summed E-state index contributed by atoms with van der Waals surface area (Å²) in [5.41, 5.74) is 2.57. The van der Waals surface area contributed by atoms with Crippen LogP contribution in [0.4, 0.5) is 0 Å². The SMILES string of the molecule is O=C(ON1CCC[C@H]1c1ncc(-c2ccc(Br)cc2)[nH]1)c1ccccc1. The van der Waals surface area contributed by atoms with Gasteiger partial charge < -0.3 is 9.82 Å². The molecule has 0 bridgehead atoms. The van der Waals surface area contributed by atoms with Crippen LogP contribution in [0.1, 0.15) is 35.1 Å². The molecule has 0 radical (unpaired) electrons. The van der Waals surface area contributed by atoms with Crippen molar-refractivity contribution in [3.63, 3.8) is 0 Å². The summed E-state index contributed by atoms with van der Waals surface area (Å²) in [6, 6.07) is 17.1. The molecule has 1 saturated heterocycles. The van der Waals surface area contributed by atoms with E-state index in [1.807, 2.05) is 48.7 Å². The number of nitrogens with zero attached hydrogens (tertiary/aromatic N) is 2. The molecular formula is C20H18BrN3O2. The zero-order chi connectivity index (χ0) is 17.9. The van der Waals surface area contributed by atoms with Crippen LogP contribution in [0.5, 0.6) is 0 Å². The number of imidazole rings is 1. The topological polar surface area (TPSA) is 58.2 Å². The minimum Gasteiger partial charge on any atom is -0.363 e. The zero-order valence-corrected chi connectivity index (χ0v) is 15.6. The fourth-order valence-corrected chi connectivity index (χ4v) is 3.40. The molecule has 4 rings (SSSR count). The quantitative estimate of drug-likeness (QED) is 0.672. The number of H-pyrrole nitrogens is 1. The van der Waals surface area contributed by atoms with Gasteiger partial charge in [-0.1, -0.05) is 46.3 Å². The highest BCUT2D eigenvalue weighted by Crippen LogP contribution is 2.32. The summed E-state index contributed by atoms with van der Waals surface area (Å²) in [6.07, 6.45) is 3.69. The Morgan fingerprint density at radius 1 is 1.15 bits per heavy atom. The van der Waals surface area contributed by atoms with Crippen LogP contribution >= 0.6 is 15.9 Å². The normalized spacial score (nSPS) is 17.3. The lowest BCUT2D eigenvalue weighted by Gasteiger charge is -2.21. The molecule has 2 aromatic carbocycles. The maximum Gasteiger partial charge on any atom is 0.357 e. The highest BCUT2D eigenvalue weighted by atomic mass is 79.9. The first-order valence-electron chi connectivity index (χ1n) is 8.55.